The fourth-order valence-electron chi connectivity index (χ4n) is 7.97. The Labute approximate surface area is 177 Å². The van der Waals surface area contributed by atoms with Gasteiger partial charge in [-0.3, -0.25) is 0 Å². The molecule has 4 aliphatic carbocycles. The summed E-state index contributed by atoms with van der Waals surface area (Å²) >= 11 is 0. The van der Waals surface area contributed by atoms with Crippen molar-refractivity contribution in [2.24, 2.45) is 34.5 Å². The summed E-state index contributed by atoms with van der Waals surface area (Å²) in [7, 11) is 0. The van der Waals surface area contributed by atoms with E-state index in [4.69, 9.17) is 9.78 Å². The molecule has 0 aromatic rings. The standard InChI is InChI=1S/C27H40O2/c1-6-19(2)9-10-20(3)21-11-12-22-24(21,4)16-13-23-25(5)14-7-8-15-26(25)17-18-27(22,23)29-28-26/h9-10,13,17-22H,6-8,11-12,14-16H2,1-5H3. The first-order valence-corrected chi connectivity index (χ1v) is 12.3. The Morgan fingerprint density at radius 1 is 1.07 bits per heavy atom. The van der Waals surface area contributed by atoms with Crippen LogP contribution in [0.25, 0.3) is 0 Å². The molecule has 0 N–H and O–H groups in total. The summed E-state index contributed by atoms with van der Waals surface area (Å²) in [5.74, 6) is 2.53. The third-order valence-electron chi connectivity index (χ3n) is 10.0. The minimum atomic E-state index is -0.324. The average Bonchev–Trinajstić information content (AvgIpc) is 3.09. The quantitative estimate of drug-likeness (QED) is 0.370. The van der Waals surface area contributed by atoms with Crippen LogP contribution in [0.4, 0.5) is 0 Å². The number of hydrogen-bond acceptors (Lipinski definition) is 2. The van der Waals surface area contributed by atoms with Crippen LogP contribution in [0.5, 0.6) is 0 Å². The summed E-state index contributed by atoms with van der Waals surface area (Å²) in [6, 6.07) is 0. The molecule has 8 unspecified atom stereocenters. The minimum Gasteiger partial charge on any atom is -0.224 e. The van der Waals surface area contributed by atoms with Crippen LogP contribution < -0.4 is 0 Å². The van der Waals surface area contributed by atoms with E-state index in [0.717, 1.165) is 6.42 Å². The molecule has 29 heavy (non-hydrogen) atoms. The highest BCUT2D eigenvalue weighted by atomic mass is 17.2. The number of rotatable bonds is 4. The number of allylic oxidation sites excluding steroid dienone is 3. The van der Waals surface area contributed by atoms with Crippen LogP contribution in [-0.4, -0.2) is 11.2 Å². The van der Waals surface area contributed by atoms with Gasteiger partial charge in [-0.25, -0.2) is 9.78 Å². The van der Waals surface area contributed by atoms with Crippen molar-refractivity contribution < 1.29 is 9.78 Å². The van der Waals surface area contributed by atoms with Gasteiger partial charge in [0, 0.05) is 11.3 Å². The predicted molar refractivity (Wildman–Crippen MR) is 118 cm³/mol. The molecule has 6 aliphatic rings. The Morgan fingerprint density at radius 3 is 2.59 bits per heavy atom. The normalized spacial score (nSPS) is 50.0. The first kappa shape index (κ1) is 20.1. The summed E-state index contributed by atoms with van der Waals surface area (Å²) in [5, 5.41) is 0. The zero-order valence-corrected chi connectivity index (χ0v) is 19.2. The van der Waals surface area contributed by atoms with E-state index in [0.29, 0.717) is 23.7 Å². The lowest BCUT2D eigenvalue weighted by molar-refractivity contribution is -0.452. The molecule has 1 saturated heterocycles. The topological polar surface area (TPSA) is 18.5 Å². The molecule has 2 saturated carbocycles. The third-order valence-corrected chi connectivity index (χ3v) is 10.0. The molecule has 2 heterocycles. The maximum Gasteiger partial charge on any atom is 0.147 e. The van der Waals surface area contributed by atoms with Crippen LogP contribution in [0.3, 0.4) is 0 Å². The molecule has 160 valence electrons. The van der Waals surface area contributed by atoms with Crippen molar-refractivity contribution in [1.29, 1.82) is 0 Å². The van der Waals surface area contributed by atoms with E-state index in [1.54, 1.807) is 5.57 Å². The molecule has 2 aliphatic heterocycles. The fraction of sp³-hybridized carbons (Fsp3) is 0.778. The molecular formula is C27H40O2. The van der Waals surface area contributed by atoms with Gasteiger partial charge in [-0.05, 0) is 73.0 Å². The zero-order chi connectivity index (χ0) is 20.5. The van der Waals surface area contributed by atoms with E-state index < -0.39 is 0 Å². The molecule has 2 bridgehead atoms. The van der Waals surface area contributed by atoms with Crippen LogP contribution in [-0.2, 0) is 9.78 Å². The summed E-state index contributed by atoms with van der Waals surface area (Å²) < 4.78 is 0. The van der Waals surface area contributed by atoms with Crippen LogP contribution in [0.2, 0.25) is 0 Å². The summed E-state index contributed by atoms with van der Waals surface area (Å²) in [4.78, 5) is 12.8. The van der Waals surface area contributed by atoms with Gasteiger partial charge in [0.05, 0.1) is 0 Å². The Hall–Kier alpha value is -0.860. The smallest absolute Gasteiger partial charge is 0.147 e. The second-order valence-corrected chi connectivity index (χ2v) is 11.4. The Kier molecular flexibility index (Phi) is 4.54. The maximum atomic E-state index is 6.44. The SMILES string of the molecule is CCC(C)C=CC(C)C1CCC2C34C=CC5(CCCCC5(C)C3=CCC12C)OO4. The lowest BCUT2D eigenvalue weighted by Crippen LogP contribution is -2.68. The predicted octanol–water partition coefficient (Wildman–Crippen LogP) is 7.18. The summed E-state index contributed by atoms with van der Waals surface area (Å²) in [5.41, 5.74) is 1.40. The monoisotopic (exact) mass is 396 g/mol. The highest BCUT2D eigenvalue weighted by Gasteiger charge is 2.71. The van der Waals surface area contributed by atoms with E-state index >= 15 is 0 Å². The van der Waals surface area contributed by atoms with Crippen LogP contribution >= 0.6 is 0 Å². The highest BCUT2D eigenvalue weighted by molar-refractivity contribution is 5.47. The van der Waals surface area contributed by atoms with Gasteiger partial charge >= 0.3 is 0 Å². The van der Waals surface area contributed by atoms with Crippen LogP contribution in [0, 0.1) is 34.5 Å². The van der Waals surface area contributed by atoms with Crippen molar-refractivity contribution in [3.63, 3.8) is 0 Å². The Balaban J connectivity index is 1.51. The molecule has 2 nitrogen and oxygen atoms in total. The molecular weight excluding hydrogens is 356 g/mol. The minimum absolute atomic E-state index is 0.111. The molecule has 2 heteroatoms. The van der Waals surface area contributed by atoms with Gasteiger partial charge < -0.3 is 0 Å². The molecule has 0 aromatic carbocycles. The van der Waals surface area contributed by atoms with E-state index in [2.05, 4.69) is 65.0 Å². The van der Waals surface area contributed by atoms with Gasteiger partial charge in [0.15, 0.2) is 0 Å². The van der Waals surface area contributed by atoms with Gasteiger partial charge in [-0.1, -0.05) is 72.1 Å². The molecule has 3 fully saturated rings. The summed E-state index contributed by atoms with van der Waals surface area (Å²) in [6.45, 7) is 12.1. The van der Waals surface area contributed by atoms with Crippen molar-refractivity contribution in [2.45, 2.75) is 97.2 Å². The first-order chi connectivity index (χ1) is 13.8. The highest BCUT2D eigenvalue weighted by Crippen LogP contribution is 2.71. The van der Waals surface area contributed by atoms with E-state index in [1.165, 1.54) is 44.9 Å². The average molecular weight is 397 g/mol. The molecule has 0 radical (unpaired) electrons. The largest absolute Gasteiger partial charge is 0.224 e. The van der Waals surface area contributed by atoms with E-state index in [9.17, 15) is 0 Å². The van der Waals surface area contributed by atoms with Gasteiger partial charge in [-0.2, -0.15) is 0 Å². The lowest BCUT2D eigenvalue weighted by Gasteiger charge is -2.65. The number of hydrogen-bond donors (Lipinski definition) is 0. The Bertz CT molecular complexity index is 764. The molecule has 0 amide bonds. The second-order valence-electron chi connectivity index (χ2n) is 11.4. The third kappa shape index (κ3) is 2.48. The summed E-state index contributed by atoms with van der Waals surface area (Å²) in [6.07, 6.45) is 22.2. The maximum absolute atomic E-state index is 6.44. The van der Waals surface area contributed by atoms with Crippen molar-refractivity contribution in [3.8, 4) is 0 Å². The Morgan fingerprint density at radius 2 is 1.86 bits per heavy atom. The van der Waals surface area contributed by atoms with Gasteiger partial charge in [0.25, 0.3) is 0 Å². The van der Waals surface area contributed by atoms with E-state index in [1.807, 2.05) is 0 Å². The van der Waals surface area contributed by atoms with Gasteiger partial charge in [0.1, 0.15) is 11.2 Å². The molecule has 2 spiro atoms. The molecule has 8 atom stereocenters. The van der Waals surface area contributed by atoms with Crippen molar-refractivity contribution in [1.82, 2.24) is 0 Å². The van der Waals surface area contributed by atoms with Crippen molar-refractivity contribution in [3.05, 3.63) is 36.0 Å². The van der Waals surface area contributed by atoms with Gasteiger partial charge in [0.2, 0.25) is 0 Å². The fourth-order valence-corrected chi connectivity index (χ4v) is 7.97. The van der Waals surface area contributed by atoms with Crippen molar-refractivity contribution in [2.75, 3.05) is 0 Å². The van der Waals surface area contributed by atoms with E-state index in [-0.39, 0.29) is 22.0 Å². The lowest BCUT2D eigenvalue weighted by atomic mass is 9.47. The van der Waals surface area contributed by atoms with Crippen molar-refractivity contribution >= 4 is 0 Å². The zero-order valence-electron chi connectivity index (χ0n) is 19.2. The molecule has 0 aromatic heterocycles. The van der Waals surface area contributed by atoms with Crippen LogP contribution in [0.1, 0.15) is 86.0 Å². The van der Waals surface area contributed by atoms with Crippen LogP contribution in [0.15, 0.2) is 36.0 Å². The molecule has 6 rings (SSSR count). The number of fused-ring (bicyclic) bond motifs is 2. The second kappa shape index (κ2) is 6.57. The first-order valence-electron chi connectivity index (χ1n) is 12.3. The van der Waals surface area contributed by atoms with Gasteiger partial charge in [-0.15, -0.1) is 0 Å².